The molecule has 0 amide bonds. The monoisotopic (exact) mass is 386 g/mol. The highest BCUT2D eigenvalue weighted by molar-refractivity contribution is 5.93. The lowest BCUT2D eigenvalue weighted by Gasteiger charge is -2.01. The highest BCUT2D eigenvalue weighted by Crippen LogP contribution is 2.30. The first-order chi connectivity index (χ1) is 14.2. The summed E-state index contributed by atoms with van der Waals surface area (Å²) in [7, 11) is 3.54. The van der Waals surface area contributed by atoms with Gasteiger partial charge < -0.3 is 14.1 Å². The van der Waals surface area contributed by atoms with Crippen LogP contribution < -0.4 is 4.74 Å². The molecule has 0 bridgehead atoms. The number of H-pyrrole nitrogens is 1. The fourth-order valence-corrected chi connectivity index (χ4v) is 3.30. The Morgan fingerprint density at radius 1 is 1.14 bits per heavy atom. The number of fused-ring (bicyclic) bond motifs is 1. The van der Waals surface area contributed by atoms with Gasteiger partial charge in [-0.15, -0.1) is 10.2 Å². The first-order valence-electron chi connectivity index (χ1n) is 9.11. The number of ether oxygens (including phenoxy) is 1. The van der Waals surface area contributed by atoms with E-state index in [0.29, 0.717) is 18.2 Å². The van der Waals surface area contributed by atoms with Crippen molar-refractivity contribution in [1.82, 2.24) is 29.9 Å². The zero-order valence-electron chi connectivity index (χ0n) is 16.0. The van der Waals surface area contributed by atoms with Gasteiger partial charge in [-0.1, -0.05) is 12.1 Å². The largest absolute Gasteiger partial charge is 0.497 e. The molecule has 8 nitrogen and oxygen atoms in total. The van der Waals surface area contributed by atoms with Gasteiger partial charge in [0.1, 0.15) is 11.4 Å². The van der Waals surface area contributed by atoms with Crippen molar-refractivity contribution in [3.8, 4) is 28.3 Å². The van der Waals surface area contributed by atoms with Crippen LogP contribution in [-0.2, 0) is 13.5 Å². The van der Waals surface area contributed by atoms with E-state index in [9.17, 15) is 0 Å². The van der Waals surface area contributed by atoms with Crippen LogP contribution >= 0.6 is 0 Å². The zero-order valence-corrected chi connectivity index (χ0v) is 16.0. The smallest absolute Gasteiger partial charge is 0.249 e. The normalized spacial score (nSPS) is 11.2. The van der Waals surface area contributed by atoms with Gasteiger partial charge in [0, 0.05) is 42.2 Å². The van der Waals surface area contributed by atoms with Gasteiger partial charge in [-0.2, -0.15) is 5.10 Å². The Labute approximate surface area is 166 Å². The lowest BCUT2D eigenvalue weighted by atomic mass is 10.1. The molecule has 0 aliphatic rings. The van der Waals surface area contributed by atoms with E-state index in [2.05, 4.69) is 31.3 Å². The van der Waals surface area contributed by atoms with Gasteiger partial charge >= 0.3 is 0 Å². The van der Waals surface area contributed by atoms with Crippen molar-refractivity contribution in [3.63, 3.8) is 0 Å². The molecule has 0 aliphatic carbocycles. The van der Waals surface area contributed by atoms with Gasteiger partial charge in [0.15, 0.2) is 0 Å². The molecule has 8 heteroatoms. The summed E-state index contributed by atoms with van der Waals surface area (Å²) >= 11 is 0. The Balaban J connectivity index is 1.48. The number of aromatic nitrogens is 6. The van der Waals surface area contributed by atoms with E-state index in [1.165, 1.54) is 0 Å². The third-order valence-corrected chi connectivity index (χ3v) is 4.76. The number of pyridine rings is 1. The first kappa shape index (κ1) is 17.2. The van der Waals surface area contributed by atoms with Crippen LogP contribution in [0.2, 0.25) is 0 Å². The number of hydrogen-bond acceptors (Lipinski definition) is 6. The first-order valence-corrected chi connectivity index (χ1v) is 9.11. The topological polar surface area (TPSA) is 94.7 Å². The van der Waals surface area contributed by atoms with E-state index in [0.717, 1.165) is 39.0 Å². The Bertz CT molecular complexity index is 1300. The van der Waals surface area contributed by atoms with E-state index < -0.39 is 0 Å². The van der Waals surface area contributed by atoms with Crippen molar-refractivity contribution in [2.75, 3.05) is 7.11 Å². The van der Waals surface area contributed by atoms with Crippen LogP contribution in [-0.4, -0.2) is 37.1 Å². The van der Waals surface area contributed by atoms with Gasteiger partial charge in [-0.3, -0.25) is 4.68 Å². The molecule has 1 N–H and O–H groups in total. The van der Waals surface area contributed by atoms with Crippen LogP contribution in [0.4, 0.5) is 0 Å². The minimum absolute atomic E-state index is 0.458. The molecule has 0 radical (unpaired) electrons. The quantitative estimate of drug-likeness (QED) is 0.496. The third kappa shape index (κ3) is 3.25. The molecule has 144 valence electrons. The number of rotatable bonds is 5. The molecule has 0 unspecified atom stereocenters. The maximum atomic E-state index is 5.94. The highest BCUT2D eigenvalue weighted by atomic mass is 16.5. The van der Waals surface area contributed by atoms with Gasteiger partial charge in [0.25, 0.3) is 0 Å². The number of nitrogens with zero attached hydrogens (tertiary/aromatic N) is 5. The SMILES string of the molecule is COc1cccc(Cc2nnc(-c3c[nH]c4ncc(-c5cnn(C)c5)cc34)o2)c1. The van der Waals surface area contributed by atoms with Gasteiger partial charge in [0.2, 0.25) is 11.8 Å². The second-order valence-corrected chi connectivity index (χ2v) is 6.75. The number of benzene rings is 1. The zero-order chi connectivity index (χ0) is 19.8. The number of hydrogen-bond donors (Lipinski definition) is 1. The maximum absolute atomic E-state index is 5.94. The molecular weight excluding hydrogens is 368 g/mol. The molecule has 5 aromatic rings. The van der Waals surface area contributed by atoms with Gasteiger partial charge in [-0.05, 0) is 23.8 Å². The molecule has 1 aromatic carbocycles. The van der Waals surface area contributed by atoms with Crippen LogP contribution in [0.5, 0.6) is 5.75 Å². The summed E-state index contributed by atoms with van der Waals surface area (Å²) in [6.45, 7) is 0. The second-order valence-electron chi connectivity index (χ2n) is 6.75. The summed E-state index contributed by atoms with van der Waals surface area (Å²) in [6, 6.07) is 9.86. The fourth-order valence-electron chi connectivity index (χ4n) is 3.30. The van der Waals surface area contributed by atoms with Crippen LogP contribution in [0, 0.1) is 0 Å². The van der Waals surface area contributed by atoms with Crippen molar-refractivity contribution < 1.29 is 9.15 Å². The predicted molar refractivity (Wildman–Crippen MR) is 107 cm³/mol. The predicted octanol–water partition coefficient (Wildman–Crippen LogP) is 3.61. The van der Waals surface area contributed by atoms with E-state index in [1.54, 1.807) is 11.8 Å². The fraction of sp³-hybridized carbons (Fsp3) is 0.143. The minimum Gasteiger partial charge on any atom is -0.497 e. The van der Waals surface area contributed by atoms with Gasteiger partial charge in [-0.25, -0.2) is 4.98 Å². The lowest BCUT2D eigenvalue weighted by Crippen LogP contribution is -1.90. The van der Waals surface area contributed by atoms with Crippen LogP contribution in [0.15, 0.2) is 59.5 Å². The van der Waals surface area contributed by atoms with Crippen LogP contribution in [0.25, 0.3) is 33.6 Å². The molecule has 4 heterocycles. The van der Waals surface area contributed by atoms with Crippen LogP contribution in [0.1, 0.15) is 11.5 Å². The minimum atomic E-state index is 0.458. The summed E-state index contributed by atoms with van der Waals surface area (Å²) < 4.78 is 13.0. The Hall–Kier alpha value is -3.94. The molecule has 0 saturated carbocycles. The summed E-state index contributed by atoms with van der Waals surface area (Å²) in [5.74, 6) is 1.80. The van der Waals surface area contributed by atoms with Crippen molar-refractivity contribution in [3.05, 3.63) is 66.6 Å². The number of aryl methyl sites for hydroxylation is 1. The Morgan fingerprint density at radius 2 is 2.07 bits per heavy atom. The van der Waals surface area contributed by atoms with Crippen molar-refractivity contribution in [2.45, 2.75) is 6.42 Å². The van der Waals surface area contributed by atoms with Crippen molar-refractivity contribution in [1.29, 1.82) is 0 Å². The molecule has 0 saturated heterocycles. The summed E-state index contributed by atoms with van der Waals surface area (Å²) in [6.07, 6.45) is 7.96. The summed E-state index contributed by atoms with van der Waals surface area (Å²) in [4.78, 5) is 7.68. The molecule has 29 heavy (non-hydrogen) atoms. The molecule has 0 aliphatic heterocycles. The standard InChI is InChI=1S/C21H18N6O2/c1-27-12-15(10-24-27)14-8-17-18(11-23-20(17)22-9-14)21-26-25-19(29-21)7-13-4-3-5-16(6-13)28-2/h3-6,8-12H,7H2,1-2H3,(H,22,23). The molecule has 5 rings (SSSR count). The number of aromatic amines is 1. The molecule has 0 spiro atoms. The second kappa shape index (κ2) is 6.90. The Kier molecular flexibility index (Phi) is 4.09. The number of methoxy groups -OCH3 is 1. The van der Waals surface area contributed by atoms with E-state index >= 15 is 0 Å². The van der Waals surface area contributed by atoms with Gasteiger partial charge in [0.05, 0.1) is 25.3 Å². The average molecular weight is 386 g/mol. The maximum Gasteiger partial charge on any atom is 0.249 e. The van der Waals surface area contributed by atoms with E-state index in [4.69, 9.17) is 9.15 Å². The molecule has 0 fully saturated rings. The number of nitrogens with one attached hydrogen (secondary N) is 1. The molecule has 0 atom stereocenters. The average Bonchev–Trinajstić information content (AvgIpc) is 3.47. The molecule has 4 aromatic heterocycles. The Morgan fingerprint density at radius 3 is 2.90 bits per heavy atom. The van der Waals surface area contributed by atoms with E-state index in [-0.39, 0.29) is 0 Å². The summed E-state index contributed by atoms with van der Waals surface area (Å²) in [5, 5.41) is 13.6. The third-order valence-electron chi connectivity index (χ3n) is 4.76. The lowest BCUT2D eigenvalue weighted by molar-refractivity contribution is 0.414. The van der Waals surface area contributed by atoms with Crippen molar-refractivity contribution in [2.24, 2.45) is 7.05 Å². The molecular formula is C21H18N6O2. The van der Waals surface area contributed by atoms with Crippen molar-refractivity contribution >= 4 is 11.0 Å². The van der Waals surface area contributed by atoms with Crippen LogP contribution in [0.3, 0.4) is 0 Å². The van der Waals surface area contributed by atoms with E-state index in [1.807, 2.05) is 56.1 Å². The summed E-state index contributed by atoms with van der Waals surface area (Å²) in [5.41, 5.74) is 4.60. The highest BCUT2D eigenvalue weighted by Gasteiger charge is 2.15.